The molecule has 0 aliphatic heterocycles. The normalized spacial score (nSPS) is 10.6. The molecular weight excluding hydrogens is 282 g/mol. The average molecular weight is 295 g/mol. The van der Waals surface area contributed by atoms with Gasteiger partial charge in [-0.1, -0.05) is 46.4 Å². The van der Waals surface area contributed by atoms with Gasteiger partial charge in [0.2, 0.25) is 5.13 Å². The molecule has 0 atom stereocenters. The van der Waals surface area contributed by atoms with Gasteiger partial charge in [0.15, 0.2) is 5.69 Å². The lowest BCUT2D eigenvalue weighted by atomic mass is 10.1. The molecule has 0 amide bonds. The van der Waals surface area contributed by atoms with Crippen LogP contribution in [0.2, 0.25) is 0 Å². The van der Waals surface area contributed by atoms with Crippen molar-refractivity contribution in [3.63, 3.8) is 0 Å². The third kappa shape index (κ3) is 2.32. The lowest BCUT2D eigenvalue weighted by Gasteiger charge is -2.04. The van der Waals surface area contributed by atoms with Crippen LogP contribution in [0.4, 0.5) is 0 Å². The fraction of sp³-hybridized carbons (Fsp3) is 0.200. The van der Waals surface area contributed by atoms with Crippen LogP contribution < -0.4 is 0 Å². The largest absolute Gasteiger partial charge is 0.223 e. The summed E-state index contributed by atoms with van der Waals surface area (Å²) in [7, 11) is 0. The molecule has 1 aromatic carbocycles. The van der Waals surface area contributed by atoms with E-state index in [-0.39, 0.29) is 0 Å². The minimum Gasteiger partial charge on any atom is -0.223 e. The Morgan fingerprint density at radius 3 is 2.43 bits per heavy atom. The highest BCUT2D eigenvalue weighted by molar-refractivity contribution is 7.14. The Morgan fingerprint density at radius 1 is 1.14 bits per heavy atom. The van der Waals surface area contributed by atoms with Gasteiger partial charge in [0, 0.05) is 10.4 Å². The van der Waals surface area contributed by atoms with Crippen molar-refractivity contribution in [2.75, 3.05) is 0 Å². The van der Waals surface area contributed by atoms with E-state index < -0.39 is 0 Å². The second-order valence-electron chi connectivity index (χ2n) is 4.81. The first-order chi connectivity index (χ1) is 10.1. The van der Waals surface area contributed by atoms with E-state index in [9.17, 15) is 5.26 Å². The minimum atomic E-state index is 0.310. The number of thiazole rings is 1. The molecular formula is C15H13N5S. The first-order valence-electron chi connectivity index (χ1n) is 6.47. The number of rotatable bonds is 2. The van der Waals surface area contributed by atoms with Crippen LogP contribution in [-0.4, -0.2) is 20.0 Å². The topological polar surface area (TPSA) is 67.4 Å². The Morgan fingerprint density at radius 2 is 1.86 bits per heavy atom. The molecule has 0 aliphatic rings. The molecule has 0 saturated carbocycles. The molecule has 21 heavy (non-hydrogen) atoms. The highest BCUT2D eigenvalue weighted by Gasteiger charge is 2.18. The minimum absolute atomic E-state index is 0.310. The summed E-state index contributed by atoms with van der Waals surface area (Å²) in [6, 6.07) is 10.1. The van der Waals surface area contributed by atoms with Gasteiger partial charge in [0.1, 0.15) is 11.8 Å². The summed E-state index contributed by atoms with van der Waals surface area (Å²) in [5, 5.41) is 18.1. The Balaban J connectivity index is 2.21. The van der Waals surface area contributed by atoms with Gasteiger partial charge >= 0.3 is 0 Å². The first-order valence-corrected chi connectivity index (χ1v) is 7.29. The van der Waals surface area contributed by atoms with E-state index in [4.69, 9.17) is 0 Å². The Bertz CT molecular complexity index is 817. The molecule has 5 nitrogen and oxygen atoms in total. The second kappa shape index (κ2) is 5.11. The highest BCUT2D eigenvalue weighted by Crippen LogP contribution is 2.28. The molecule has 6 heteroatoms. The number of hydrogen-bond acceptors (Lipinski definition) is 5. The summed E-state index contributed by atoms with van der Waals surface area (Å²) in [6.07, 6.45) is 0. The van der Waals surface area contributed by atoms with Crippen LogP contribution in [0, 0.1) is 32.1 Å². The first kappa shape index (κ1) is 13.5. The number of nitrogens with zero attached hydrogens (tertiary/aromatic N) is 5. The SMILES string of the molecule is Cc1ccc(-c2c(C#N)nnn2-c2nc(C)c(C)s2)cc1. The molecule has 0 aliphatic carbocycles. The number of hydrogen-bond donors (Lipinski definition) is 0. The fourth-order valence-electron chi connectivity index (χ4n) is 2.01. The standard InChI is InChI=1S/C15H13N5S/c1-9-4-6-12(7-5-9)14-13(8-16)18-19-20(14)15-17-10(2)11(3)21-15/h4-7H,1-3H3. The van der Waals surface area contributed by atoms with Crippen molar-refractivity contribution in [1.29, 1.82) is 5.26 Å². The maximum atomic E-state index is 9.27. The van der Waals surface area contributed by atoms with Gasteiger partial charge in [-0.3, -0.25) is 0 Å². The van der Waals surface area contributed by atoms with Crippen LogP contribution >= 0.6 is 11.3 Å². The molecule has 2 heterocycles. The Kier molecular flexibility index (Phi) is 3.28. The van der Waals surface area contributed by atoms with E-state index in [1.54, 1.807) is 16.0 Å². The number of aryl methyl sites for hydroxylation is 3. The van der Waals surface area contributed by atoms with Crippen molar-refractivity contribution >= 4 is 11.3 Å². The maximum absolute atomic E-state index is 9.27. The predicted octanol–water partition coefficient (Wildman–Crippen LogP) is 3.19. The third-order valence-electron chi connectivity index (χ3n) is 3.30. The van der Waals surface area contributed by atoms with E-state index >= 15 is 0 Å². The summed E-state index contributed by atoms with van der Waals surface area (Å²) in [6.45, 7) is 6.01. The average Bonchev–Trinajstić information content (AvgIpc) is 3.04. The number of aromatic nitrogens is 4. The van der Waals surface area contributed by atoms with Crippen molar-refractivity contribution in [1.82, 2.24) is 20.0 Å². The summed E-state index contributed by atoms with van der Waals surface area (Å²) >= 11 is 1.54. The van der Waals surface area contributed by atoms with Gasteiger partial charge in [-0.15, -0.1) is 5.10 Å². The van der Waals surface area contributed by atoms with Crippen LogP contribution in [-0.2, 0) is 0 Å². The van der Waals surface area contributed by atoms with Crippen molar-refractivity contribution in [2.24, 2.45) is 0 Å². The van der Waals surface area contributed by atoms with E-state index in [2.05, 4.69) is 21.4 Å². The lowest BCUT2D eigenvalue weighted by Crippen LogP contribution is -1.99. The molecule has 2 aromatic heterocycles. The van der Waals surface area contributed by atoms with E-state index in [1.807, 2.05) is 45.0 Å². The smallest absolute Gasteiger partial charge is 0.212 e. The Hall–Kier alpha value is -2.52. The molecule has 3 aromatic rings. The van der Waals surface area contributed by atoms with Crippen LogP contribution in [0.5, 0.6) is 0 Å². The molecule has 0 unspecified atom stereocenters. The summed E-state index contributed by atoms with van der Waals surface area (Å²) in [5.41, 5.74) is 4.04. The number of benzene rings is 1. The van der Waals surface area contributed by atoms with E-state index in [0.717, 1.165) is 26.8 Å². The van der Waals surface area contributed by atoms with Gasteiger partial charge < -0.3 is 0 Å². The zero-order valence-electron chi connectivity index (χ0n) is 12.0. The molecule has 0 bridgehead atoms. The van der Waals surface area contributed by atoms with Crippen molar-refractivity contribution in [2.45, 2.75) is 20.8 Å². The van der Waals surface area contributed by atoms with Gasteiger partial charge in [-0.05, 0) is 20.8 Å². The van der Waals surface area contributed by atoms with Gasteiger partial charge in [-0.2, -0.15) is 9.94 Å². The van der Waals surface area contributed by atoms with Crippen molar-refractivity contribution in [3.8, 4) is 22.5 Å². The molecule has 3 rings (SSSR count). The number of nitriles is 1. The van der Waals surface area contributed by atoms with E-state index in [1.165, 1.54) is 0 Å². The zero-order chi connectivity index (χ0) is 15.0. The fourth-order valence-corrected chi connectivity index (χ4v) is 2.87. The van der Waals surface area contributed by atoms with Crippen LogP contribution in [0.1, 0.15) is 21.8 Å². The molecule has 0 fully saturated rings. The second-order valence-corrected chi connectivity index (χ2v) is 6.00. The molecule has 0 spiro atoms. The quantitative estimate of drug-likeness (QED) is 0.728. The molecule has 104 valence electrons. The molecule has 0 radical (unpaired) electrons. The Labute approximate surface area is 126 Å². The van der Waals surface area contributed by atoms with E-state index in [0.29, 0.717) is 11.4 Å². The van der Waals surface area contributed by atoms with Crippen molar-refractivity contribution in [3.05, 3.63) is 46.1 Å². The summed E-state index contributed by atoms with van der Waals surface area (Å²) in [4.78, 5) is 5.63. The third-order valence-corrected chi connectivity index (χ3v) is 4.35. The lowest BCUT2D eigenvalue weighted by molar-refractivity contribution is 0.798. The van der Waals surface area contributed by atoms with Crippen LogP contribution in [0.15, 0.2) is 24.3 Å². The predicted molar refractivity (Wildman–Crippen MR) is 81.4 cm³/mol. The molecule has 0 N–H and O–H groups in total. The van der Waals surface area contributed by atoms with Gasteiger partial charge in [-0.25, -0.2) is 4.98 Å². The summed E-state index contributed by atoms with van der Waals surface area (Å²) in [5.74, 6) is 0. The summed E-state index contributed by atoms with van der Waals surface area (Å²) < 4.78 is 1.65. The highest BCUT2D eigenvalue weighted by atomic mass is 32.1. The van der Waals surface area contributed by atoms with Crippen LogP contribution in [0.25, 0.3) is 16.4 Å². The van der Waals surface area contributed by atoms with Crippen molar-refractivity contribution < 1.29 is 0 Å². The van der Waals surface area contributed by atoms with Crippen LogP contribution in [0.3, 0.4) is 0 Å². The van der Waals surface area contributed by atoms with Gasteiger partial charge in [0.25, 0.3) is 0 Å². The zero-order valence-corrected chi connectivity index (χ0v) is 12.8. The maximum Gasteiger partial charge on any atom is 0.212 e. The van der Waals surface area contributed by atoms with Gasteiger partial charge in [0.05, 0.1) is 5.69 Å². The molecule has 0 saturated heterocycles. The monoisotopic (exact) mass is 295 g/mol.